The summed E-state index contributed by atoms with van der Waals surface area (Å²) < 4.78 is 0. The molecule has 0 saturated carbocycles. The summed E-state index contributed by atoms with van der Waals surface area (Å²) in [6.07, 6.45) is 2.45. The Hall–Kier alpha value is -3.72. The van der Waals surface area contributed by atoms with Crippen LogP contribution in [-0.4, -0.2) is 16.1 Å². The van der Waals surface area contributed by atoms with Crippen LogP contribution in [0.1, 0.15) is 27.2 Å². The first-order chi connectivity index (χ1) is 13.6. The van der Waals surface area contributed by atoms with Crippen LogP contribution in [0.15, 0.2) is 85.4 Å². The second-order valence-electron chi connectivity index (χ2n) is 6.70. The molecule has 136 valence electrons. The average molecular weight is 365 g/mol. The number of benzene rings is 3. The second-order valence-corrected chi connectivity index (χ2v) is 6.70. The summed E-state index contributed by atoms with van der Waals surface area (Å²) in [5, 5.41) is 10.2. The van der Waals surface area contributed by atoms with Crippen molar-refractivity contribution in [3.63, 3.8) is 0 Å². The van der Waals surface area contributed by atoms with E-state index in [0.29, 0.717) is 16.6 Å². The van der Waals surface area contributed by atoms with E-state index in [1.54, 1.807) is 12.1 Å². The Labute approximate surface area is 163 Å². The van der Waals surface area contributed by atoms with E-state index in [1.165, 1.54) is 11.1 Å². The highest BCUT2D eigenvalue weighted by Crippen LogP contribution is 2.27. The van der Waals surface area contributed by atoms with Crippen molar-refractivity contribution in [2.75, 3.05) is 0 Å². The fraction of sp³-hybridized carbons (Fsp3) is 0.0400. The maximum atomic E-state index is 11.7. The lowest BCUT2D eigenvalue weighted by Crippen LogP contribution is -2.00. The molecule has 4 rings (SSSR count). The van der Waals surface area contributed by atoms with Gasteiger partial charge in [0.25, 0.3) is 0 Å². The smallest absolute Gasteiger partial charge is 0.336 e. The van der Waals surface area contributed by atoms with Gasteiger partial charge in [-0.2, -0.15) is 0 Å². The Morgan fingerprint density at radius 1 is 0.893 bits per heavy atom. The van der Waals surface area contributed by atoms with Gasteiger partial charge < -0.3 is 5.11 Å². The lowest BCUT2D eigenvalue weighted by Gasteiger charge is -2.09. The number of pyridine rings is 1. The van der Waals surface area contributed by atoms with E-state index in [4.69, 9.17) is 0 Å². The van der Waals surface area contributed by atoms with E-state index in [9.17, 15) is 9.90 Å². The summed E-state index contributed by atoms with van der Waals surface area (Å²) in [6, 6.07) is 26.0. The fourth-order valence-corrected chi connectivity index (χ4v) is 3.35. The van der Waals surface area contributed by atoms with E-state index >= 15 is 0 Å². The summed E-state index contributed by atoms with van der Waals surface area (Å²) in [7, 11) is 0. The van der Waals surface area contributed by atoms with Gasteiger partial charge in [-0.25, -0.2) is 9.78 Å². The van der Waals surface area contributed by atoms with Crippen molar-refractivity contribution in [1.82, 2.24) is 4.98 Å². The van der Waals surface area contributed by atoms with Gasteiger partial charge in [0.2, 0.25) is 0 Å². The lowest BCUT2D eigenvalue weighted by atomic mass is 9.98. The quantitative estimate of drug-likeness (QED) is 0.484. The molecule has 0 atom stereocenters. The molecule has 0 aliphatic rings. The maximum absolute atomic E-state index is 11.7. The van der Waals surface area contributed by atoms with Crippen molar-refractivity contribution >= 4 is 22.9 Å². The molecule has 0 amide bonds. The van der Waals surface area contributed by atoms with Crippen LogP contribution < -0.4 is 0 Å². The molecule has 0 saturated heterocycles. The second kappa shape index (κ2) is 7.49. The van der Waals surface area contributed by atoms with E-state index in [2.05, 4.69) is 48.0 Å². The third kappa shape index (κ3) is 3.55. The Morgan fingerprint density at radius 3 is 2.25 bits per heavy atom. The Balaban J connectivity index is 1.70. The number of carbonyl (C=O) groups is 1. The molecular formula is C25H19NO2. The largest absolute Gasteiger partial charge is 0.478 e. The van der Waals surface area contributed by atoms with Gasteiger partial charge in [0.1, 0.15) is 0 Å². The van der Waals surface area contributed by atoms with Crippen molar-refractivity contribution in [3.05, 3.63) is 108 Å². The number of fused-ring (bicyclic) bond motifs is 1. The monoisotopic (exact) mass is 365 g/mol. The standard InChI is InChI=1S/C25H19NO2/c1-2-21-16-23(25(27)28)22-15-20(12-13-24(22)26-21)19-10-8-18(9-11-19)14-17-6-4-3-5-7-17/h2-13,15-16H,1,14H2,(H,27,28). The average Bonchev–Trinajstić information content (AvgIpc) is 2.73. The van der Waals surface area contributed by atoms with Crippen LogP contribution >= 0.6 is 0 Å². The minimum Gasteiger partial charge on any atom is -0.478 e. The number of carboxylic acids is 1. The predicted molar refractivity (Wildman–Crippen MR) is 113 cm³/mol. The number of carboxylic acid groups (broad SMARTS) is 1. The zero-order valence-corrected chi connectivity index (χ0v) is 15.3. The van der Waals surface area contributed by atoms with Gasteiger partial charge in [0.05, 0.1) is 16.8 Å². The first kappa shape index (κ1) is 17.7. The van der Waals surface area contributed by atoms with Crippen molar-refractivity contribution in [2.45, 2.75) is 6.42 Å². The number of rotatable bonds is 5. The van der Waals surface area contributed by atoms with Crippen LogP contribution in [0.4, 0.5) is 0 Å². The molecule has 28 heavy (non-hydrogen) atoms. The first-order valence-electron chi connectivity index (χ1n) is 9.08. The topological polar surface area (TPSA) is 50.2 Å². The number of aromatic nitrogens is 1. The predicted octanol–water partition coefficient (Wildman–Crippen LogP) is 5.83. The van der Waals surface area contributed by atoms with Gasteiger partial charge in [-0.1, -0.05) is 67.2 Å². The van der Waals surface area contributed by atoms with E-state index in [1.807, 2.05) is 36.4 Å². The van der Waals surface area contributed by atoms with Crippen LogP contribution in [0.3, 0.4) is 0 Å². The van der Waals surface area contributed by atoms with Crippen molar-refractivity contribution in [2.24, 2.45) is 0 Å². The van der Waals surface area contributed by atoms with Gasteiger partial charge in [0.15, 0.2) is 0 Å². The molecule has 0 bridgehead atoms. The van der Waals surface area contributed by atoms with Gasteiger partial charge in [-0.15, -0.1) is 0 Å². The summed E-state index contributed by atoms with van der Waals surface area (Å²) in [5.41, 5.74) is 5.97. The number of nitrogens with zero attached hydrogens (tertiary/aromatic N) is 1. The van der Waals surface area contributed by atoms with Crippen LogP contribution in [0.5, 0.6) is 0 Å². The van der Waals surface area contributed by atoms with Crippen LogP contribution in [-0.2, 0) is 6.42 Å². The molecular weight excluding hydrogens is 346 g/mol. The van der Waals surface area contributed by atoms with Crippen LogP contribution in [0.2, 0.25) is 0 Å². The molecule has 1 N–H and O–H groups in total. The molecule has 3 heteroatoms. The van der Waals surface area contributed by atoms with Crippen LogP contribution in [0.25, 0.3) is 28.1 Å². The zero-order chi connectivity index (χ0) is 19.5. The first-order valence-corrected chi connectivity index (χ1v) is 9.08. The highest BCUT2D eigenvalue weighted by atomic mass is 16.4. The minimum absolute atomic E-state index is 0.238. The third-order valence-corrected chi connectivity index (χ3v) is 4.81. The summed E-state index contributed by atoms with van der Waals surface area (Å²) in [6.45, 7) is 3.69. The van der Waals surface area contributed by atoms with Crippen molar-refractivity contribution in [3.8, 4) is 11.1 Å². The van der Waals surface area contributed by atoms with Crippen LogP contribution in [0, 0.1) is 0 Å². The molecule has 1 aromatic heterocycles. The highest BCUT2D eigenvalue weighted by molar-refractivity contribution is 6.04. The zero-order valence-electron chi connectivity index (χ0n) is 15.3. The molecule has 3 nitrogen and oxygen atoms in total. The Bertz CT molecular complexity index is 1160. The van der Waals surface area contributed by atoms with Gasteiger partial charge >= 0.3 is 5.97 Å². The van der Waals surface area contributed by atoms with Crippen molar-refractivity contribution in [1.29, 1.82) is 0 Å². The molecule has 1 heterocycles. The Morgan fingerprint density at radius 2 is 1.57 bits per heavy atom. The molecule has 0 radical (unpaired) electrons. The van der Waals surface area contributed by atoms with Gasteiger partial charge in [0, 0.05) is 5.39 Å². The van der Waals surface area contributed by atoms with Gasteiger partial charge in [-0.05, 0) is 52.9 Å². The lowest BCUT2D eigenvalue weighted by molar-refractivity contribution is 0.0699. The molecule has 0 fully saturated rings. The maximum Gasteiger partial charge on any atom is 0.336 e. The molecule has 0 aliphatic carbocycles. The molecule has 4 aromatic rings. The van der Waals surface area contributed by atoms with E-state index in [0.717, 1.165) is 17.5 Å². The van der Waals surface area contributed by atoms with Crippen molar-refractivity contribution < 1.29 is 9.90 Å². The molecule has 0 spiro atoms. The summed E-state index contributed by atoms with van der Waals surface area (Å²) in [4.78, 5) is 16.1. The number of hydrogen-bond acceptors (Lipinski definition) is 2. The summed E-state index contributed by atoms with van der Waals surface area (Å²) in [5.74, 6) is -0.967. The minimum atomic E-state index is -0.967. The number of aromatic carboxylic acids is 1. The molecule has 3 aromatic carbocycles. The Kier molecular flexibility index (Phi) is 4.73. The van der Waals surface area contributed by atoms with E-state index in [-0.39, 0.29) is 5.56 Å². The van der Waals surface area contributed by atoms with E-state index < -0.39 is 5.97 Å². The molecule has 0 unspecified atom stereocenters. The SMILES string of the molecule is C=Cc1cc(C(=O)O)c2cc(-c3ccc(Cc4ccccc4)cc3)ccc2n1. The summed E-state index contributed by atoms with van der Waals surface area (Å²) >= 11 is 0. The fourth-order valence-electron chi connectivity index (χ4n) is 3.35. The number of hydrogen-bond donors (Lipinski definition) is 1. The molecule has 0 aliphatic heterocycles. The normalized spacial score (nSPS) is 10.7. The third-order valence-electron chi connectivity index (χ3n) is 4.81. The highest BCUT2D eigenvalue weighted by Gasteiger charge is 2.12. The van der Waals surface area contributed by atoms with Gasteiger partial charge in [-0.3, -0.25) is 0 Å².